The Morgan fingerprint density at radius 2 is 2.07 bits per heavy atom. The lowest BCUT2D eigenvalue weighted by atomic mass is 10.2. The fourth-order valence-corrected chi connectivity index (χ4v) is 4.26. The van der Waals surface area contributed by atoms with Crippen LogP contribution >= 0.6 is 24.0 Å². The van der Waals surface area contributed by atoms with Crippen LogP contribution in [-0.4, -0.2) is 64.3 Å². The van der Waals surface area contributed by atoms with Crippen molar-refractivity contribution in [2.75, 3.05) is 44.9 Å². The monoisotopic (exact) mass is 526 g/mol. The molecule has 1 aliphatic rings. The summed E-state index contributed by atoms with van der Waals surface area (Å²) in [4.78, 5) is 4.59. The molecule has 28 heavy (non-hydrogen) atoms. The van der Waals surface area contributed by atoms with E-state index in [4.69, 9.17) is 9.47 Å². The van der Waals surface area contributed by atoms with Crippen LogP contribution in [-0.2, 0) is 10.0 Å². The van der Waals surface area contributed by atoms with Crippen LogP contribution in [0.2, 0.25) is 0 Å². The first kappa shape index (κ1) is 24.8. The Morgan fingerprint density at radius 1 is 1.32 bits per heavy atom. The number of hydrogen-bond donors (Lipinski definition) is 2. The van der Waals surface area contributed by atoms with E-state index in [0.717, 1.165) is 18.5 Å². The average Bonchev–Trinajstić information content (AvgIpc) is 3.10. The van der Waals surface area contributed by atoms with Crippen LogP contribution in [0.4, 0.5) is 5.69 Å². The lowest BCUT2D eigenvalue weighted by molar-refractivity contribution is 0.311. The Bertz CT molecular complexity index is 758. The van der Waals surface area contributed by atoms with Crippen LogP contribution in [0.5, 0.6) is 11.5 Å². The van der Waals surface area contributed by atoms with Gasteiger partial charge in [-0.15, -0.1) is 24.0 Å². The number of anilines is 1. The van der Waals surface area contributed by atoms with E-state index in [1.165, 1.54) is 6.26 Å². The average molecular weight is 526 g/mol. The van der Waals surface area contributed by atoms with Gasteiger partial charge in [-0.3, -0.25) is 4.99 Å². The zero-order chi connectivity index (χ0) is 19.9. The molecule has 0 aliphatic carbocycles. The van der Waals surface area contributed by atoms with Crippen molar-refractivity contribution < 1.29 is 17.9 Å². The summed E-state index contributed by atoms with van der Waals surface area (Å²) in [5.41, 5.74) is 0.807. The summed E-state index contributed by atoms with van der Waals surface area (Å²) >= 11 is 0. The molecule has 0 saturated carbocycles. The maximum Gasteiger partial charge on any atom is 0.211 e. The minimum absolute atomic E-state index is 0. The molecular formula is C18H31IN4O4S. The minimum Gasteiger partial charge on any atom is -0.493 e. The van der Waals surface area contributed by atoms with Crippen LogP contribution in [0.25, 0.3) is 0 Å². The van der Waals surface area contributed by atoms with E-state index in [9.17, 15) is 8.42 Å². The van der Waals surface area contributed by atoms with Crippen LogP contribution in [0, 0.1) is 0 Å². The van der Waals surface area contributed by atoms with Gasteiger partial charge < -0.3 is 20.1 Å². The van der Waals surface area contributed by atoms with Gasteiger partial charge in [0.2, 0.25) is 10.0 Å². The van der Waals surface area contributed by atoms with Gasteiger partial charge in [0.25, 0.3) is 0 Å². The molecule has 1 aliphatic heterocycles. The Balaban J connectivity index is 0.00000392. The Kier molecular flexibility index (Phi) is 10.3. The second kappa shape index (κ2) is 11.7. The number of benzene rings is 1. The molecule has 0 aromatic heterocycles. The topological polar surface area (TPSA) is 92.3 Å². The molecule has 0 unspecified atom stereocenters. The summed E-state index contributed by atoms with van der Waals surface area (Å²) in [5, 5.41) is 6.42. The summed E-state index contributed by atoms with van der Waals surface area (Å²) in [6.45, 7) is 6.14. The fourth-order valence-electron chi connectivity index (χ4n) is 3.09. The van der Waals surface area contributed by atoms with Crippen molar-refractivity contribution >= 4 is 45.6 Å². The molecule has 8 nitrogen and oxygen atoms in total. The predicted molar refractivity (Wildman–Crippen MR) is 124 cm³/mol. The highest BCUT2D eigenvalue weighted by atomic mass is 127. The number of guanidine groups is 1. The van der Waals surface area contributed by atoms with Gasteiger partial charge in [-0.1, -0.05) is 0 Å². The number of nitrogens with one attached hydrogen (secondary N) is 2. The molecule has 0 spiro atoms. The zero-order valence-electron chi connectivity index (χ0n) is 16.9. The Labute approximate surface area is 185 Å². The Hall–Kier alpha value is -1.27. The van der Waals surface area contributed by atoms with Crippen molar-refractivity contribution in [1.29, 1.82) is 0 Å². The number of ether oxygens (including phenoxy) is 2. The number of hydrogen-bond acceptors (Lipinski definition) is 5. The number of sulfonamides is 1. The fraction of sp³-hybridized carbons (Fsp3) is 0.611. The van der Waals surface area contributed by atoms with Gasteiger partial charge >= 0.3 is 0 Å². The van der Waals surface area contributed by atoms with Gasteiger partial charge in [-0.25, -0.2) is 8.42 Å². The van der Waals surface area contributed by atoms with Crippen molar-refractivity contribution in [2.45, 2.75) is 32.7 Å². The molecule has 1 heterocycles. The molecule has 1 atom stereocenters. The van der Waals surface area contributed by atoms with Gasteiger partial charge in [-0.2, -0.15) is 4.31 Å². The standard InChI is InChI=1S/C18H30N4O4S.HI/c1-5-19-18(20-13-15-8-7-11-22(15)27(4,23)24)21-14-9-10-16(26-6-2)17(12-14)25-3;/h9-10,12,15H,5-8,11,13H2,1-4H3,(H2,19,20,21);1H/t15-;/m1./s1. The molecule has 1 saturated heterocycles. The van der Waals surface area contributed by atoms with Gasteiger partial charge in [0.1, 0.15) is 0 Å². The molecule has 0 amide bonds. The first-order chi connectivity index (χ1) is 12.9. The number of aliphatic imine (C=N–C) groups is 1. The second-order valence-corrected chi connectivity index (χ2v) is 8.25. The molecule has 2 rings (SSSR count). The van der Waals surface area contributed by atoms with Gasteiger partial charge in [-0.05, 0) is 38.8 Å². The van der Waals surface area contributed by atoms with Gasteiger partial charge in [0.15, 0.2) is 17.5 Å². The van der Waals surface area contributed by atoms with Crippen LogP contribution in [0.3, 0.4) is 0 Å². The molecule has 1 aromatic carbocycles. The summed E-state index contributed by atoms with van der Waals surface area (Å²) in [7, 11) is -1.60. The van der Waals surface area contributed by atoms with Crippen LogP contribution in [0.15, 0.2) is 23.2 Å². The maximum absolute atomic E-state index is 11.9. The highest BCUT2D eigenvalue weighted by Crippen LogP contribution is 2.30. The smallest absolute Gasteiger partial charge is 0.211 e. The summed E-state index contributed by atoms with van der Waals surface area (Å²) < 4.78 is 36.2. The van der Waals surface area contributed by atoms with Gasteiger partial charge in [0.05, 0.1) is 26.5 Å². The normalized spacial score (nSPS) is 17.7. The largest absolute Gasteiger partial charge is 0.493 e. The third kappa shape index (κ3) is 6.96. The van der Waals surface area contributed by atoms with Crippen molar-refractivity contribution in [3.05, 3.63) is 18.2 Å². The zero-order valence-corrected chi connectivity index (χ0v) is 20.0. The second-order valence-electron chi connectivity index (χ2n) is 6.31. The van der Waals surface area contributed by atoms with E-state index in [1.807, 2.05) is 32.0 Å². The predicted octanol–water partition coefficient (Wildman–Crippen LogP) is 2.51. The third-order valence-corrected chi connectivity index (χ3v) is 5.61. The molecule has 0 radical (unpaired) electrons. The van der Waals surface area contributed by atoms with E-state index in [0.29, 0.717) is 43.7 Å². The van der Waals surface area contributed by atoms with Crippen molar-refractivity contribution in [2.24, 2.45) is 4.99 Å². The number of nitrogens with zero attached hydrogens (tertiary/aromatic N) is 2. The van der Waals surface area contributed by atoms with Crippen LogP contribution in [0.1, 0.15) is 26.7 Å². The third-order valence-electron chi connectivity index (χ3n) is 4.28. The molecule has 160 valence electrons. The molecule has 1 aromatic rings. The lowest BCUT2D eigenvalue weighted by Crippen LogP contribution is -2.38. The molecular weight excluding hydrogens is 495 g/mol. The first-order valence-corrected chi connectivity index (χ1v) is 11.1. The molecule has 0 bridgehead atoms. The summed E-state index contributed by atoms with van der Waals surface area (Å²) in [5.74, 6) is 1.92. The van der Waals surface area contributed by atoms with Crippen molar-refractivity contribution in [1.82, 2.24) is 9.62 Å². The number of halogens is 1. The highest BCUT2D eigenvalue weighted by molar-refractivity contribution is 14.0. The molecule has 10 heteroatoms. The Morgan fingerprint density at radius 3 is 2.68 bits per heavy atom. The van der Waals surface area contributed by atoms with Gasteiger partial charge in [0, 0.05) is 30.9 Å². The minimum atomic E-state index is -3.20. The number of rotatable bonds is 8. The van der Waals surface area contributed by atoms with E-state index < -0.39 is 10.0 Å². The lowest BCUT2D eigenvalue weighted by Gasteiger charge is -2.21. The van der Waals surface area contributed by atoms with E-state index in [-0.39, 0.29) is 30.0 Å². The van der Waals surface area contributed by atoms with Crippen LogP contribution < -0.4 is 20.1 Å². The summed E-state index contributed by atoms with van der Waals surface area (Å²) in [6, 6.07) is 5.48. The van der Waals surface area contributed by atoms with E-state index in [1.54, 1.807) is 11.4 Å². The first-order valence-electron chi connectivity index (χ1n) is 9.22. The SMILES string of the molecule is CCNC(=NC[C@H]1CCCN1S(C)(=O)=O)Nc1ccc(OCC)c(OC)c1.I. The summed E-state index contributed by atoms with van der Waals surface area (Å²) in [6.07, 6.45) is 2.95. The van der Waals surface area contributed by atoms with E-state index in [2.05, 4.69) is 15.6 Å². The van der Waals surface area contributed by atoms with Crippen molar-refractivity contribution in [3.8, 4) is 11.5 Å². The highest BCUT2D eigenvalue weighted by Gasteiger charge is 2.31. The van der Waals surface area contributed by atoms with Crippen molar-refractivity contribution in [3.63, 3.8) is 0 Å². The molecule has 2 N–H and O–H groups in total. The molecule has 1 fully saturated rings. The quantitative estimate of drug-likeness (QED) is 0.307. The van der Waals surface area contributed by atoms with E-state index >= 15 is 0 Å². The number of methoxy groups -OCH3 is 1. The maximum atomic E-state index is 11.9.